The van der Waals surface area contributed by atoms with Crippen LogP contribution in [-0.4, -0.2) is 6.04 Å². The summed E-state index contributed by atoms with van der Waals surface area (Å²) < 4.78 is 0. The second kappa shape index (κ2) is 3.48. The average Bonchev–Trinajstić information content (AvgIpc) is 2.20. The first-order valence-corrected chi connectivity index (χ1v) is 4.56. The molecule has 1 aromatic rings. The molecule has 0 aromatic heterocycles. The summed E-state index contributed by atoms with van der Waals surface area (Å²) in [5.41, 5.74) is 1.25. The van der Waals surface area contributed by atoms with Crippen molar-refractivity contribution in [1.29, 1.82) is 0 Å². The number of hydrogen-bond donors (Lipinski definition) is 0. The fourth-order valence-electron chi connectivity index (χ4n) is 1.52. The van der Waals surface area contributed by atoms with Gasteiger partial charge in [-0.05, 0) is 25.1 Å². The van der Waals surface area contributed by atoms with Gasteiger partial charge in [-0.1, -0.05) is 30.4 Å². The normalized spacial score (nSPS) is 20.7. The molecule has 0 saturated heterocycles. The molecule has 0 amide bonds. The van der Waals surface area contributed by atoms with E-state index in [-0.39, 0.29) is 0 Å². The molecule has 1 heterocycles. The van der Waals surface area contributed by atoms with E-state index in [0.717, 1.165) is 0 Å². The third-order valence-corrected chi connectivity index (χ3v) is 2.24. The van der Waals surface area contributed by atoms with Crippen LogP contribution >= 0.6 is 0 Å². The Hall–Kier alpha value is -1.50. The van der Waals surface area contributed by atoms with Crippen molar-refractivity contribution in [2.75, 3.05) is 4.90 Å². The highest BCUT2D eigenvalue weighted by atomic mass is 15.1. The molecular weight excluding hydrogens is 158 g/mol. The van der Waals surface area contributed by atoms with Crippen molar-refractivity contribution >= 4 is 5.69 Å². The third kappa shape index (κ3) is 1.64. The summed E-state index contributed by atoms with van der Waals surface area (Å²) in [6, 6.07) is 10.9. The number of allylic oxidation sites excluding steroid dienone is 2. The number of para-hydroxylation sites is 1. The molecule has 0 fully saturated rings. The Balaban J connectivity index is 2.27. The summed E-state index contributed by atoms with van der Waals surface area (Å²) in [5.74, 6) is 0. The van der Waals surface area contributed by atoms with Crippen molar-refractivity contribution in [2.45, 2.75) is 13.0 Å². The molecule has 1 nitrogen and oxygen atoms in total. The van der Waals surface area contributed by atoms with Crippen LogP contribution in [0.25, 0.3) is 0 Å². The molecule has 1 heteroatoms. The minimum Gasteiger partial charge on any atom is -0.341 e. The number of nitrogens with zero attached hydrogens (tertiary/aromatic N) is 1. The lowest BCUT2D eigenvalue weighted by atomic mass is 10.2. The van der Waals surface area contributed by atoms with E-state index in [2.05, 4.69) is 60.5 Å². The molecule has 0 spiro atoms. The fourth-order valence-corrected chi connectivity index (χ4v) is 1.52. The molecular formula is C12H13N. The molecule has 0 radical (unpaired) electrons. The monoisotopic (exact) mass is 171 g/mol. The van der Waals surface area contributed by atoms with Crippen LogP contribution in [0.15, 0.2) is 54.8 Å². The maximum absolute atomic E-state index is 2.25. The van der Waals surface area contributed by atoms with Gasteiger partial charge in [0.05, 0.1) is 0 Å². The molecule has 1 unspecified atom stereocenters. The lowest BCUT2D eigenvalue weighted by Gasteiger charge is -2.27. The fraction of sp³-hybridized carbons (Fsp3) is 0.167. The lowest BCUT2D eigenvalue weighted by molar-refractivity contribution is 0.848. The van der Waals surface area contributed by atoms with Gasteiger partial charge in [-0.3, -0.25) is 0 Å². The smallest absolute Gasteiger partial charge is 0.0491 e. The van der Waals surface area contributed by atoms with E-state index in [4.69, 9.17) is 0 Å². The van der Waals surface area contributed by atoms with Gasteiger partial charge in [-0.2, -0.15) is 0 Å². The van der Waals surface area contributed by atoms with Gasteiger partial charge < -0.3 is 4.90 Å². The maximum Gasteiger partial charge on any atom is 0.0491 e. The average molecular weight is 171 g/mol. The third-order valence-electron chi connectivity index (χ3n) is 2.24. The zero-order valence-corrected chi connectivity index (χ0v) is 7.72. The predicted molar refractivity (Wildman–Crippen MR) is 56.7 cm³/mol. The van der Waals surface area contributed by atoms with Crippen LogP contribution in [0.3, 0.4) is 0 Å². The van der Waals surface area contributed by atoms with E-state index in [9.17, 15) is 0 Å². The highest BCUT2D eigenvalue weighted by molar-refractivity contribution is 5.52. The van der Waals surface area contributed by atoms with Crippen molar-refractivity contribution in [3.05, 3.63) is 54.8 Å². The van der Waals surface area contributed by atoms with Crippen LogP contribution in [0.2, 0.25) is 0 Å². The standard InChI is InChI=1S/C12H13N/c1-11-7-5-6-10-13(11)12-8-3-2-4-9-12/h2-11H,1H3. The van der Waals surface area contributed by atoms with Crippen LogP contribution in [0.4, 0.5) is 5.69 Å². The van der Waals surface area contributed by atoms with Crippen molar-refractivity contribution in [1.82, 2.24) is 0 Å². The second-order valence-electron chi connectivity index (χ2n) is 3.21. The van der Waals surface area contributed by atoms with Gasteiger partial charge in [0.2, 0.25) is 0 Å². The van der Waals surface area contributed by atoms with Gasteiger partial charge >= 0.3 is 0 Å². The molecule has 2 rings (SSSR count). The van der Waals surface area contributed by atoms with E-state index in [1.165, 1.54) is 5.69 Å². The van der Waals surface area contributed by atoms with E-state index in [0.29, 0.717) is 6.04 Å². The van der Waals surface area contributed by atoms with Crippen molar-refractivity contribution in [2.24, 2.45) is 0 Å². The van der Waals surface area contributed by atoms with E-state index in [1.54, 1.807) is 0 Å². The van der Waals surface area contributed by atoms with Crippen molar-refractivity contribution < 1.29 is 0 Å². The molecule has 1 atom stereocenters. The molecule has 0 N–H and O–H groups in total. The summed E-state index contributed by atoms with van der Waals surface area (Å²) >= 11 is 0. The number of hydrogen-bond acceptors (Lipinski definition) is 1. The number of benzene rings is 1. The van der Waals surface area contributed by atoms with Gasteiger partial charge in [-0.25, -0.2) is 0 Å². The zero-order chi connectivity index (χ0) is 9.10. The SMILES string of the molecule is CC1C=CC=CN1c1ccccc1. The van der Waals surface area contributed by atoms with Gasteiger partial charge in [0.25, 0.3) is 0 Å². The lowest BCUT2D eigenvalue weighted by Crippen LogP contribution is -2.27. The first-order chi connectivity index (χ1) is 6.38. The summed E-state index contributed by atoms with van der Waals surface area (Å²) in [5, 5.41) is 0. The van der Waals surface area contributed by atoms with Gasteiger partial charge in [0, 0.05) is 17.9 Å². The molecule has 13 heavy (non-hydrogen) atoms. The molecule has 0 aliphatic carbocycles. The van der Waals surface area contributed by atoms with Gasteiger partial charge in [0.1, 0.15) is 0 Å². The van der Waals surface area contributed by atoms with E-state index in [1.807, 2.05) is 6.07 Å². The first kappa shape index (κ1) is 8.11. The summed E-state index contributed by atoms with van der Waals surface area (Å²) in [6.45, 7) is 2.19. The topological polar surface area (TPSA) is 3.24 Å². The summed E-state index contributed by atoms with van der Waals surface area (Å²) in [4.78, 5) is 2.25. The molecule has 1 aliphatic rings. The Morgan fingerprint density at radius 1 is 1.08 bits per heavy atom. The zero-order valence-electron chi connectivity index (χ0n) is 7.72. The predicted octanol–water partition coefficient (Wildman–Crippen LogP) is 2.97. The van der Waals surface area contributed by atoms with E-state index >= 15 is 0 Å². The van der Waals surface area contributed by atoms with Crippen LogP contribution in [0.5, 0.6) is 0 Å². The molecule has 1 aliphatic heterocycles. The van der Waals surface area contributed by atoms with E-state index < -0.39 is 0 Å². The largest absolute Gasteiger partial charge is 0.341 e. The second-order valence-corrected chi connectivity index (χ2v) is 3.21. The van der Waals surface area contributed by atoms with Crippen molar-refractivity contribution in [3.8, 4) is 0 Å². The number of rotatable bonds is 1. The van der Waals surface area contributed by atoms with Crippen LogP contribution in [0, 0.1) is 0 Å². The molecule has 66 valence electrons. The first-order valence-electron chi connectivity index (χ1n) is 4.56. The summed E-state index contributed by atoms with van der Waals surface area (Å²) in [7, 11) is 0. The summed E-state index contributed by atoms with van der Waals surface area (Å²) in [6.07, 6.45) is 8.45. The Morgan fingerprint density at radius 3 is 2.54 bits per heavy atom. The quantitative estimate of drug-likeness (QED) is 0.628. The Kier molecular flexibility index (Phi) is 2.17. The Bertz CT molecular complexity index is 324. The van der Waals surface area contributed by atoms with Crippen LogP contribution in [0.1, 0.15) is 6.92 Å². The van der Waals surface area contributed by atoms with Gasteiger partial charge in [-0.15, -0.1) is 0 Å². The molecule has 1 aromatic carbocycles. The Labute approximate surface area is 79.0 Å². The highest BCUT2D eigenvalue weighted by Gasteiger charge is 2.09. The minimum atomic E-state index is 0.451. The maximum atomic E-state index is 2.25. The Morgan fingerprint density at radius 2 is 1.85 bits per heavy atom. The number of anilines is 1. The molecule has 0 bridgehead atoms. The van der Waals surface area contributed by atoms with Gasteiger partial charge in [0.15, 0.2) is 0 Å². The minimum absolute atomic E-state index is 0.451. The van der Waals surface area contributed by atoms with Crippen molar-refractivity contribution in [3.63, 3.8) is 0 Å². The molecule has 0 saturated carbocycles. The van der Waals surface area contributed by atoms with Crippen LogP contribution in [-0.2, 0) is 0 Å². The highest BCUT2D eigenvalue weighted by Crippen LogP contribution is 2.19. The van der Waals surface area contributed by atoms with Crippen LogP contribution < -0.4 is 4.90 Å².